The third-order valence-corrected chi connectivity index (χ3v) is 3.26. The quantitative estimate of drug-likeness (QED) is 0.854. The van der Waals surface area contributed by atoms with Gasteiger partial charge < -0.3 is 10.0 Å². The predicted molar refractivity (Wildman–Crippen MR) is 63.2 cm³/mol. The summed E-state index contributed by atoms with van der Waals surface area (Å²) in [5.41, 5.74) is 0.835. The van der Waals surface area contributed by atoms with Gasteiger partial charge in [-0.05, 0) is 19.8 Å². The van der Waals surface area contributed by atoms with Crippen LogP contribution < -0.4 is 5.32 Å². The van der Waals surface area contributed by atoms with E-state index in [4.69, 9.17) is 5.11 Å². The van der Waals surface area contributed by atoms with Gasteiger partial charge in [0.05, 0.1) is 5.69 Å². The van der Waals surface area contributed by atoms with Crippen LogP contribution >= 0.6 is 11.3 Å². The molecule has 2 amide bonds. The summed E-state index contributed by atoms with van der Waals surface area (Å²) in [7, 11) is 0. The van der Waals surface area contributed by atoms with Gasteiger partial charge in [-0.25, -0.2) is 9.78 Å². The topological polar surface area (TPSA) is 82.5 Å². The molecule has 0 aromatic carbocycles. The number of nitrogens with one attached hydrogen (secondary N) is 1. The zero-order valence-corrected chi connectivity index (χ0v) is 10.2. The highest BCUT2D eigenvalue weighted by atomic mass is 32.1. The summed E-state index contributed by atoms with van der Waals surface area (Å²) in [6.45, 7) is 1.57. The number of hydrogen-bond acceptors (Lipinski definition) is 4. The second-order valence-corrected chi connectivity index (χ2v) is 4.84. The highest BCUT2D eigenvalue weighted by Crippen LogP contribution is 2.27. The normalized spacial score (nSPS) is 14.4. The maximum absolute atomic E-state index is 11.9. The first-order valence-electron chi connectivity index (χ1n) is 5.28. The number of aromatic nitrogens is 1. The molecule has 1 aliphatic carbocycles. The van der Waals surface area contributed by atoms with Crippen molar-refractivity contribution in [2.75, 3.05) is 11.9 Å². The molecule has 7 heteroatoms. The summed E-state index contributed by atoms with van der Waals surface area (Å²) in [6, 6.07) is -0.323. The second kappa shape index (κ2) is 4.70. The van der Waals surface area contributed by atoms with Crippen LogP contribution in [0, 0.1) is 6.92 Å². The number of thiazole rings is 1. The van der Waals surface area contributed by atoms with E-state index in [1.54, 1.807) is 0 Å². The SMILES string of the molecule is Cc1csc(NC(=O)N(CC(=O)O)C2CC2)n1. The molecule has 17 heavy (non-hydrogen) atoms. The number of hydrogen-bond donors (Lipinski definition) is 2. The lowest BCUT2D eigenvalue weighted by molar-refractivity contribution is -0.137. The van der Waals surface area contributed by atoms with Gasteiger partial charge in [-0.1, -0.05) is 0 Å². The molecule has 0 bridgehead atoms. The van der Waals surface area contributed by atoms with E-state index in [0.717, 1.165) is 18.5 Å². The number of urea groups is 1. The minimum Gasteiger partial charge on any atom is -0.480 e. The second-order valence-electron chi connectivity index (χ2n) is 3.98. The summed E-state index contributed by atoms with van der Waals surface area (Å²) < 4.78 is 0. The standard InChI is InChI=1S/C10H13N3O3S/c1-6-5-17-9(11-6)12-10(16)13(4-8(14)15)7-2-3-7/h5,7H,2-4H2,1H3,(H,14,15)(H,11,12,16). The van der Waals surface area contributed by atoms with Crippen LogP contribution in [0.25, 0.3) is 0 Å². The van der Waals surface area contributed by atoms with Crippen LogP contribution in [0.3, 0.4) is 0 Å². The summed E-state index contributed by atoms with van der Waals surface area (Å²) >= 11 is 1.33. The van der Waals surface area contributed by atoms with Crippen molar-refractivity contribution in [2.45, 2.75) is 25.8 Å². The van der Waals surface area contributed by atoms with Crippen LogP contribution in [0.15, 0.2) is 5.38 Å². The summed E-state index contributed by atoms with van der Waals surface area (Å²) in [5.74, 6) is -0.998. The zero-order valence-electron chi connectivity index (χ0n) is 9.34. The third kappa shape index (κ3) is 3.16. The number of rotatable bonds is 4. The van der Waals surface area contributed by atoms with Crippen molar-refractivity contribution >= 4 is 28.5 Å². The van der Waals surface area contributed by atoms with E-state index in [-0.39, 0.29) is 18.6 Å². The Kier molecular flexibility index (Phi) is 3.28. The Morgan fingerprint density at radius 1 is 1.65 bits per heavy atom. The Hall–Kier alpha value is -1.63. The molecule has 92 valence electrons. The smallest absolute Gasteiger partial charge is 0.324 e. The number of carboxylic acid groups (broad SMARTS) is 1. The van der Waals surface area contributed by atoms with Gasteiger partial charge in [-0.2, -0.15) is 0 Å². The van der Waals surface area contributed by atoms with Crippen molar-refractivity contribution < 1.29 is 14.7 Å². The fourth-order valence-electron chi connectivity index (χ4n) is 1.47. The molecule has 1 heterocycles. The van der Waals surface area contributed by atoms with Crippen LogP contribution in [0.4, 0.5) is 9.93 Å². The van der Waals surface area contributed by atoms with Crippen molar-refractivity contribution in [1.82, 2.24) is 9.88 Å². The maximum Gasteiger partial charge on any atom is 0.324 e. The van der Waals surface area contributed by atoms with E-state index in [2.05, 4.69) is 10.3 Å². The van der Waals surface area contributed by atoms with Gasteiger partial charge in [0.25, 0.3) is 0 Å². The Balaban J connectivity index is 1.98. The fraction of sp³-hybridized carbons (Fsp3) is 0.500. The van der Waals surface area contributed by atoms with Gasteiger partial charge in [-0.3, -0.25) is 10.1 Å². The lowest BCUT2D eigenvalue weighted by Crippen LogP contribution is -2.40. The molecule has 0 unspecified atom stereocenters. The maximum atomic E-state index is 11.9. The van der Waals surface area contributed by atoms with E-state index >= 15 is 0 Å². The number of aliphatic carboxylic acids is 1. The molecule has 0 saturated heterocycles. The molecule has 0 spiro atoms. The molecule has 0 radical (unpaired) electrons. The first kappa shape index (κ1) is 11.8. The molecule has 2 rings (SSSR count). The number of carbonyl (C=O) groups is 2. The number of carbonyl (C=O) groups excluding carboxylic acids is 1. The van der Waals surface area contributed by atoms with Gasteiger partial charge in [0, 0.05) is 11.4 Å². The van der Waals surface area contributed by atoms with Gasteiger partial charge in [0.15, 0.2) is 5.13 Å². The monoisotopic (exact) mass is 255 g/mol. The summed E-state index contributed by atoms with van der Waals surface area (Å²) in [4.78, 5) is 28.0. The summed E-state index contributed by atoms with van der Waals surface area (Å²) in [6.07, 6.45) is 1.75. The van der Waals surface area contributed by atoms with Crippen LogP contribution in [0.5, 0.6) is 0 Å². The zero-order chi connectivity index (χ0) is 12.4. The number of amides is 2. The molecule has 0 atom stereocenters. The van der Waals surface area contributed by atoms with Gasteiger partial charge in [-0.15, -0.1) is 11.3 Å². The summed E-state index contributed by atoms with van der Waals surface area (Å²) in [5, 5.41) is 13.7. The van der Waals surface area contributed by atoms with E-state index in [0.29, 0.717) is 5.13 Å². The largest absolute Gasteiger partial charge is 0.480 e. The van der Waals surface area contributed by atoms with Crippen LogP contribution in [-0.4, -0.2) is 39.6 Å². The molecule has 1 aliphatic rings. The van der Waals surface area contributed by atoms with Gasteiger partial charge in [0.1, 0.15) is 6.54 Å². The Labute approximate surface area is 102 Å². The van der Waals surface area contributed by atoms with Gasteiger partial charge >= 0.3 is 12.0 Å². The predicted octanol–water partition coefficient (Wildman–Crippen LogP) is 1.53. The highest BCUT2D eigenvalue weighted by Gasteiger charge is 2.34. The number of nitrogens with zero attached hydrogens (tertiary/aromatic N) is 2. The van der Waals surface area contributed by atoms with E-state index in [1.807, 2.05) is 12.3 Å². The molecule has 1 aromatic rings. The first-order chi connectivity index (χ1) is 8.06. The van der Waals surface area contributed by atoms with E-state index in [9.17, 15) is 9.59 Å². The lowest BCUT2D eigenvalue weighted by atomic mass is 10.5. The average molecular weight is 255 g/mol. The van der Waals surface area contributed by atoms with E-state index < -0.39 is 5.97 Å². The number of aryl methyl sites for hydroxylation is 1. The van der Waals surface area contributed by atoms with Crippen molar-refractivity contribution in [3.63, 3.8) is 0 Å². The van der Waals surface area contributed by atoms with Crippen LogP contribution in [0.1, 0.15) is 18.5 Å². The molecule has 2 N–H and O–H groups in total. The van der Waals surface area contributed by atoms with Crippen LogP contribution in [0.2, 0.25) is 0 Å². The number of anilines is 1. The molecule has 1 saturated carbocycles. The Bertz CT molecular complexity index is 442. The molecular weight excluding hydrogens is 242 g/mol. The Morgan fingerprint density at radius 2 is 2.35 bits per heavy atom. The number of carboxylic acids is 1. The van der Waals surface area contributed by atoms with Crippen molar-refractivity contribution in [1.29, 1.82) is 0 Å². The minimum atomic E-state index is -0.998. The molecular formula is C10H13N3O3S. The lowest BCUT2D eigenvalue weighted by Gasteiger charge is -2.19. The van der Waals surface area contributed by atoms with Gasteiger partial charge in [0.2, 0.25) is 0 Å². The Morgan fingerprint density at radius 3 is 2.82 bits per heavy atom. The molecule has 1 aromatic heterocycles. The van der Waals surface area contributed by atoms with Crippen molar-refractivity contribution in [2.24, 2.45) is 0 Å². The average Bonchev–Trinajstić information content (AvgIpc) is 3.00. The van der Waals surface area contributed by atoms with Crippen LogP contribution in [-0.2, 0) is 4.79 Å². The van der Waals surface area contributed by atoms with E-state index in [1.165, 1.54) is 16.2 Å². The minimum absolute atomic E-state index is 0.0622. The molecule has 6 nitrogen and oxygen atoms in total. The van der Waals surface area contributed by atoms with Crippen molar-refractivity contribution in [3.05, 3.63) is 11.1 Å². The fourth-order valence-corrected chi connectivity index (χ4v) is 2.15. The highest BCUT2D eigenvalue weighted by molar-refractivity contribution is 7.13. The molecule has 0 aliphatic heterocycles. The first-order valence-corrected chi connectivity index (χ1v) is 6.16. The van der Waals surface area contributed by atoms with Crippen molar-refractivity contribution in [3.8, 4) is 0 Å². The third-order valence-electron chi connectivity index (χ3n) is 2.39. The molecule has 1 fully saturated rings.